The molecule has 0 atom stereocenters. The van der Waals surface area contributed by atoms with Crippen LogP contribution >= 0.6 is 0 Å². The van der Waals surface area contributed by atoms with Gasteiger partial charge in [0.05, 0.1) is 5.39 Å². The molecule has 0 aliphatic carbocycles. The van der Waals surface area contributed by atoms with Gasteiger partial charge < -0.3 is 9.73 Å². The average molecular weight is 384 g/mol. The highest BCUT2D eigenvalue weighted by molar-refractivity contribution is 6.04. The molecule has 2 aromatic carbocycles. The number of hydrogen-bond donors (Lipinski definition) is 1. The molecule has 1 amide bonds. The van der Waals surface area contributed by atoms with Crippen molar-refractivity contribution in [3.63, 3.8) is 0 Å². The largest absolute Gasteiger partial charge is 0.456 e. The van der Waals surface area contributed by atoms with E-state index in [0.29, 0.717) is 28.1 Å². The molecule has 5 nitrogen and oxygen atoms in total. The van der Waals surface area contributed by atoms with Crippen LogP contribution in [0.4, 0.5) is 5.82 Å². The van der Waals surface area contributed by atoms with Gasteiger partial charge in [0.25, 0.3) is 5.91 Å². The fraction of sp³-hybridized carbons (Fsp3) is 0.125. The first-order valence-corrected chi connectivity index (χ1v) is 9.30. The van der Waals surface area contributed by atoms with Crippen LogP contribution in [-0.2, 0) is 0 Å². The van der Waals surface area contributed by atoms with Crippen LogP contribution < -0.4 is 10.7 Å². The highest BCUT2D eigenvalue weighted by Crippen LogP contribution is 2.25. The number of rotatable bonds is 3. The number of hydrogen-bond acceptors (Lipinski definition) is 4. The molecule has 0 fully saturated rings. The third-order valence-corrected chi connectivity index (χ3v) is 4.75. The number of anilines is 1. The van der Waals surface area contributed by atoms with E-state index in [2.05, 4.69) is 10.3 Å². The molecule has 4 aromatic rings. The quantitative estimate of drug-likeness (QED) is 0.537. The van der Waals surface area contributed by atoms with Crippen molar-refractivity contribution in [3.8, 4) is 11.3 Å². The molecule has 1 N–H and O–H groups in total. The Bertz CT molecular complexity index is 1290. The summed E-state index contributed by atoms with van der Waals surface area (Å²) in [6.45, 7) is 5.82. The summed E-state index contributed by atoms with van der Waals surface area (Å²) in [7, 11) is 0. The van der Waals surface area contributed by atoms with E-state index in [1.807, 2.05) is 39.0 Å². The van der Waals surface area contributed by atoms with Gasteiger partial charge in [-0.2, -0.15) is 0 Å². The topological polar surface area (TPSA) is 72.2 Å². The SMILES string of the molecule is Cc1ccnc(NC(=O)c2ccc(-c3cc(=O)c4cc(C)cc(C)c4o3)cc2)c1. The lowest BCUT2D eigenvalue weighted by Crippen LogP contribution is -2.12. The highest BCUT2D eigenvalue weighted by atomic mass is 16.3. The Kier molecular flexibility index (Phi) is 4.72. The molecule has 2 heterocycles. The van der Waals surface area contributed by atoms with Crippen molar-refractivity contribution >= 4 is 22.7 Å². The maximum atomic E-state index is 12.6. The van der Waals surface area contributed by atoms with Crippen LogP contribution in [0.3, 0.4) is 0 Å². The van der Waals surface area contributed by atoms with Crippen LogP contribution in [0, 0.1) is 20.8 Å². The Labute approximate surface area is 168 Å². The molecule has 0 bridgehead atoms. The van der Waals surface area contributed by atoms with Crippen LogP contribution in [0.1, 0.15) is 27.0 Å². The van der Waals surface area contributed by atoms with Gasteiger partial charge in [0.1, 0.15) is 17.2 Å². The molecule has 0 spiro atoms. The van der Waals surface area contributed by atoms with E-state index in [-0.39, 0.29) is 11.3 Å². The Morgan fingerprint density at radius 2 is 1.69 bits per heavy atom. The minimum atomic E-state index is -0.249. The van der Waals surface area contributed by atoms with E-state index in [1.165, 1.54) is 6.07 Å². The molecule has 144 valence electrons. The van der Waals surface area contributed by atoms with E-state index in [4.69, 9.17) is 4.42 Å². The van der Waals surface area contributed by atoms with Crippen molar-refractivity contribution in [2.75, 3.05) is 5.32 Å². The number of nitrogens with zero attached hydrogens (tertiary/aromatic N) is 1. The fourth-order valence-corrected chi connectivity index (χ4v) is 3.33. The first-order chi connectivity index (χ1) is 13.9. The zero-order chi connectivity index (χ0) is 20.5. The lowest BCUT2D eigenvalue weighted by Gasteiger charge is -2.08. The van der Waals surface area contributed by atoms with Crippen molar-refractivity contribution in [2.24, 2.45) is 0 Å². The summed E-state index contributed by atoms with van der Waals surface area (Å²) in [5.74, 6) is 0.730. The number of nitrogens with one attached hydrogen (secondary N) is 1. The van der Waals surface area contributed by atoms with E-state index in [0.717, 1.165) is 22.3 Å². The number of pyridine rings is 1. The number of aromatic nitrogens is 1. The molecule has 4 rings (SSSR count). The van der Waals surface area contributed by atoms with Crippen molar-refractivity contribution < 1.29 is 9.21 Å². The van der Waals surface area contributed by atoms with Gasteiger partial charge in [-0.05, 0) is 67.8 Å². The van der Waals surface area contributed by atoms with Gasteiger partial charge in [0, 0.05) is 23.4 Å². The summed E-state index contributed by atoms with van der Waals surface area (Å²) in [4.78, 5) is 29.1. The first-order valence-electron chi connectivity index (χ1n) is 9.30. The molecule has 2 aromatic heterocycles. The van der Waals surface area contributed by atoms with Crippen LogP contribution in [0.5, 0.6) is 0 Å². The number of benzene rings is 2. The molecule has 0 aliphatic rings. The summed E-state index contributed by atoms with van der Waals surface area (Å²) < 4.78 is 6.01. The maximum Gasteiger partial charge on any atom is 0.256 e. The molecule has 5 heteroatoms. The van der Waals surface area contributed by atoms with Gasteiger partial charge in [-0.15, -0.1) is 0 Å². The third-order valence-electron chi connectivity index (χ3n) is 4.75. The smallest absolute Gasteiger partial charge is 0.256 e. The molecule has 0 aliphatic heterocycles. The predicted octanol–water partition coefficient (Wildman–Crippen LogP) is 5.03. The Balaban J connectivity index is 1.64. The minimum Gasteiger partial charge on any atom is -0.456 e. The maximum absolute atomic E-state index is 12.6. The monoisotopic (exact) mass is 384 g/mol. The molecule has 29 heavy (non-hydrogen) atoms. The van der Waals surface area contributed by atoms with Crippen molar-refractivity contribution in [1.82, 2.24) is 4.98 Å². The number of aryl methyl sites for hydroxylation is 3. The summed E-state index contributed by atoms with van der Waals surface area (Å²) in [5.41, 5.74) is 4.68. The van der Waals surface area contributed by atoms with Crippen molar-refractivity contribution in [2.45, 2.75) is 20.8 Å². The van der Waals surface area contributed by atoms with E-state index >= 15 is 0 Å². The summed E-state index contributed by atoms with van der Waals surface area (Å²) in [6.07, 6.45) is 1.65. The lowest BCUT2D eigenvalue weighted by molar-refractivity contribution is 0.102. The van der Waals surface area contributed by atoms with Gasteiger partial charge in [-0.1, -0.05) is 18.2 Å². The van der Waals surface area contributed by atoms with Crippen LogP contribution in [0.2, 0.25) is 0 Å². The summed E-state index contributed by atoms with van der Waals surface area (Å²) in [6, 6.07) is 15.9. The molecular formula is C24H20N2O3. The number of carbonyl (C=O) groups is 1. The molecule has 0 saturated heterocycles. The zero-order valence-corrected chi connectivity index (χ0v) is 16.4. The van der Waals surface area contributed by atoms with Crippen LogP contribution in [0.15, 0.2) is 70.0 Å². The minimum absolute atomic E-state index is 0.0830. The second-order valence-electron chi connectivity index (χ2n) is 7.18. The van der Waals surface area contributed by atoms with Gasteiger partial charge in [-0.3, -0.25) is 9.59 Å². The molecule has 0 saturated carbocycles. The standard InChI is InChI=1S/C24H20N2O3/c1-14-8-9-25-22(12-14)26-24(28)18-6-4-17(5-7-18)21-13-20(27)19-11-15(2)10-16(3)23(19)29-21/h4-13H,1-3H3,(H,25,26,28). The van der Waals surface area contributed by atoms with E-state index < -0.39 is 0 Å². The van der Waals surface area contributed by atoms with Crippen LogP contribution in [0.25, 0.3) is 22.3 Å². The number of amides is 1. The van der Waals surface area contributed by atoms with Gasteiger partial charge in [0.2, 0.25) is 0 Å². The average Bonchev–Trinajstić information content (AvgIpc) is 2.69. The fourth-order valence-electron chi connectivity index (χ4n) is 3.33. The first kappa shape index (κ1) is 18.6. The highest BCUT2D eigenvalue weighted by Gasteiger charge is 2.11. The second-order valence-corrected chi connectivity index (χ2v) is 7.18. The Morgan fingerprint density at radius 1 is 0.931 bits per heavy atom. The van der Waals surface area contributed by atoms with Gasteiger partial charge >= 0.3 is 0 Å². The summed E-state index contributed by atoms with van der Waals surface area (Å²) in [5, 5.41) is 3.36. The van der Waals surface area contributed by atoms with E-state index in [1.54, 1.807) is 36.5 Å². The molecular weight excluding hydrogens is 364 g/mol. The zero-order valence-electron chi connectivity index (χ0n) is 16.4. The van der Waals surface area contributed by atoms with Gasteiger partial charge in [0.15, 0.2) is 5.43 Å². The molecule has 0 unspecified atom stereocenters. The van der Waals surface area contributed by atoms with Gasteiger partial charge in [-0.25, -0.2) is 4.98 Å². The predicted molar refractivity (Wildman–Crippen MR) is 114 cm³/mol. The van der Waals surface area contributed by atoms with Crippen molar-refractivity contribution in [3.05, 3.63) is 93.3 Å². The Morgan fingerprint density at radius 3 is 2.41 bits per heavy atom. The lowest BCUT2D eigenvalue weighted by atomic mass is 10.1. The van der Waals surface area contributed by atoms with Crippen LogP contribution in [-0.4, -0.2) is 10.9 Å². The Hall–Kier alpha value is -3.73. The van der Waals surface area contributed by atoms with Crippen molar-refractivity contribution in [1.29, 1.82) is 0 Å². The summed E-state index contributed by atoms with van der Waals surface area (Å²) >= 11 is 0. The number of carbonyl (C=O) groups excluding carboxylic acids is 1. The third kappa shape index (κ3) is 3.80. The van der Waals surface area contributed by atoms with E-state index in [9.17, 15) is 9.59 Å². The normalized spacial score (nSPS) is 10.9. The number of fused-ring (bicyclic) bond motifs is 1. The molecule has 0 radical (unpaired) electrons. The second kappa shape index (κ2) is 7.36.